The molecule has 4 heteroatoms. The Hall–Kier alpha value is -2.07. The van der Waals surface area contributed by atoms with E-state index in [0.29, 0.717) is 5.69 Å². The number of aromatic nitrogens is 1. The Morgan fingerprint density at radius 3 is 2.33 bits per heavy atom. The Labute approximate surface area is 126 Å². The second-order valence-corrected chi connectivity index (χ2v) is 5.24. The Morgan fingerprint density at radius 1 is 1.05 bits per heavy atom. The lowest BCUT2D eigenvalue weighted by Gasteiger charge is -2.17. The van der Waals surface area contributed by atoms with Crippen LogP contribution in [0.25, 0.3) is 0 Å². The summed E-state index contributed by atoms with van der Waals surface area (Å²) in [5.74, 6) is 0.741. The van der Waals surface area contributed by atoms with Gasteiger partial charge in [0.05, 0.1) is 12.8 Å². The molecule has 0 atom stereocenters. The zero-order valence-corrected chi connectivity index (χ0v) is 12.7. The van der Waals surface area contributed by atoms with E-state index in [1.165, 1.54) is 11.1 Å². The van der Waals surface area contributed by atoms with Gasteiger partial charge in [0.1, 0.15) is 5.75 Å². The first-order chi connectivity index (χ1) is 10.2. The third-order valence-corrected chi connectivity index (χ3v) is 3.61. The van der Waals surface area contributed by atoms with Crippen molar-refractivity contribution in [2.24, 2.45) is 0 Å². The van der Waals surface area contributed by atoms with Crippen molar-refractivity contribution < 1.29 is 4.74 Å². The quantitative estimate of drug-likeness (QED) is 0.794. The summed E-state index contributed by atoms with van der Waals surface area (Å²) < 4.78 is 5.17. The van der Waals surface area contributed by atoms with Crippen molar-refractivity contribution in [3.63, 3.8) is 0 Å². The largest absolute Gasteiger partial charge is 0.495 e. The lowest BCUT2D eigenvalue weighted by Crippen LogP contribution is -2.23. The Kier molecular flexibility index (Phi) is 5.58. The van der Waals surface area contributed by atoms with Gasteiger partial charge in [0.25, 0.3) is 0 Å². The van der Waals surface area contributed by atoms with E-state index < -0.39 is 0 Å². The fourth-order valence-corrected chi connectivity index (χ4v) is 2.24. The van der Waals surface area contributed by atoms with Crippen molar-refractivity contribution in [2.45, 2.75) is 12.8 Å². The summed E-state index contributed by atoms with van der Waals surface area (Å²) in [6.45, 7) is 2.05. The molecule has 1 aromatic carbocycles. The smallest absolute Gasteiger partial charge is 0.141 e. The first kappa shape index (κ1) is 15.3. The average molecular weight is 285 g/mol. The lowest BCUT2D eigenvalue weighted by atomic mass is 10.1. The lowest BCUT2D eigenvalue weighted by molar-refractivity contribution is 0.343. The van der Waals surface area contributed by atoms with Gasteiger partial charge in [-0.2, -0.15) is 0 Å². The molecule has 0 amide bonds. The van der Waals surface area contributed by atoms with Crippen LogP contribution < -0.4 is 10.5 Å². The van der Waals surface area contributed by atoms with Crippen molar-refractivity contribution in [3.05, 3.63) is 53.9 Å². The molecule has 21 heavy (non-hydrogen) atoms. The topological polar surface area (TPSA) is 51.4 Å². The van der Waals surface area contributed by atoms with E-state index in [0.717, 1.165) is 31.7 Å². The number of pyridine rings is 1. The number of ether oxygens (including phenoxy) is 1. The first-order valence-electron chi connectivity index (χ1n) is 7.19. The molecule has 0 unspecified atom stereocenters. The number of nitrogens with zero attached hydrogens (tertiary/aromatic N) is 2. The van der Waals surface area contributed by atoms with E-state index >= 15 is 0 Å². The molecule has 0 aliphatic carbocycles. The van der Waals surface area contributed by atoms with Crippen LogP contribution in [-0.4, -0.2) is 37.1 Å². The molecule has 0 bridgehead atoms. The number of methoxy groups -OCH3 is 1. The number of likely N-dealkylation sites (N-methyl/N-ethyl adjacent to an activating group) is 1. The summed E-state index contributed by atoms with van der Waals surface area (Å²) in [5.41, 5.74) is 9.20. The van der Waals surface area contributed by atoms with Gasteiger partial charge in [-0.25, -0.2) is 0 Å². The fourth-order valence-electron chi connectivity index (χ4n) is 2.24. The van der Waals surface area contributed by atoms with Crippen LogP contribution in [0.15, 0.2) is 42.7 Å². The maximum absolute atomic E-state index is 5.93. The van der Waals surface area contributed by atoms with Gasteiger partial charge in [-0.15, -0.1) is 0 Å². The van der Waals surface area contributed by atoms with E-state index in [1.54, 1.807) is 7.11 Å². The van der Waals surface area contributed by atoms with Gasteiger partial charge in [-0.3, -0.25) is 4.98 Å². The Bertz CT molecular complexity index is 557. The van der Waals surface area contributed by atoms with E-state index in [4.69, 9.17) is 10.5 Å². The number of anilines is 1. The van der Waals surface area contributed by atoms with Crippen molar-refractivity contribution in [1.82, 2.24) is 9.88 Å². The molecule has 2 rings (SSSR count). The maximum atomic E-state index is 5.93. The predicted molar refractivity (Wildman–Crippen MR) is 86.5 cm³/mol. The third kappa shape index (κ3) is 4.76. The van der Waals surface area contributed by atoms with E-state index in [1.807, 2.05) is 24.5 Å². The van der Waals surface area contributed by atoms with Crippen LogP contribution in [0.4, 0.5) is 5.69 Å². The number of nitrogens with two attached hydrogens (primary N) is 1. The van der Waals surface area contributed by atoms with Gasteiger partial charge < -0.3 is 15.4 Å². The molecule has 0 aliphatic rings. The molecule has 1 aromatic heterocycles. The third-order valence-electron chi connectivity index (χ3n) is 3.61. The highest BCUT2D eigenvalue weighted by Crippen LogP contribution is 2.22. The predicted octanol–water partition coefficient (Wildman–Crippen LogP) is 2.39. The molecule has 4 nitrogen and oxygen atoms in total. The van der Waals surface area contributed by atoms with Crippen LogP contribution in [0.2, 0.25) is 0 Å². The molecule has 0 radical (unpaired) electrons. The molecule has 0 saturated carbocycles. The van der Waals surface area contributed by atoms with Gasteiger partial charge in [-0.1, -0.05) is 6.07 Å². The minimum Gasteiger partial charge on any atom is -0.495 e. The normalized spacial score (nSPS) is 10.8. The van der Waals surface area contributed by atoms with Crippen LogP contribution in [0, 0.1) is 0 Å². The summed E-state index contributed by atoms with van der Waals surface area (Å²) >= 11 is 0. The first-order valence-corrected chi connectivity index (χ1v) is 7.19. The molecule has 0 spiro atoms. The molecule has 1 heterocycles. The molecule has 0 saturated heterocycles. The highest BCUT2D eigenvalue weighted by molar-refractivity contribution is 5.54. The summed E-state index contributed by atoms with van der Waals surface area (Å²) in [6.07, 6.45) is 5.72. The number of benzene rings is 1. The summed E-state index contributed by atoms with van der Waals surface area (Å²) in [6, 6.07) is 10.1. The molecule has 2 N–H and O–H groups in total. The van der Waals surface area contributed by atoms with Gasteiger partial charge in [-0.05, 0) is 55.3 Å². The Balaban J connectivity index is 1.78. The molecular formula is C17H23N3O. The minimum absolute atomic E-state index is 0.703. The average Bonchev–Trinajstić information content (AvgIpc) is 2.52. The standard InChI is InChI=1S/C17H23N3O/c1-20(11-7-14-5-9-19-10-6-14)12-8-15-3-4-17(21-2)16(18)13-15/h3-6,9-10,13H,7-8,11-12,18H2,1-2H3. The SMILES string of the molecule is COc1ccc(CCN(C)CCc2ccncc2)cc1N. The van der Waals surface area contributed by atoms with Gasteiger partial charge in [0, 0.05) is 25.5 Å². The van der Waals surface area contributed by atoms with E-state index in [9.17, 15) is 0 Å². The van der Waals surface area contributed by atoms with E-state index in [-0.39, 0.29) is 0 Å². The molecule has 0 aliphatic heterocycles. The maximum Gasteiger partial charge on any atom is 0.141 e. The second-order valence-electron chi connectivity index (χ2n) is 5.24. The summed E-state index contributed by atoms with van der Waals surface area (Å²) in [4.78, 5) is 6.37. The zero-order valence-electron chi connectivity index (χ0n) is 12.7. The van der Waals surface area contributed by atoms with Crippen LogP contribution in [-0.2, 0) is 12.8 Å². The van der Waals surface area contributed by atoms with Gasteiger partial charge in [0.2, 0.25) is 0 Å². The number of nitrogen functional groups attached to an aromatic ring is 1. The molecular weight excluding hydrogens is 262 g/mol. The number of hydrogen-bond donors (Lipinski definition) is 1. The summed E-state index contributed by atoms with van der Waals surface area (Å²) in [5, 5.41) is 0. The van der Waals surface area contributed by atoms with Crippen molar-refractivity contribution in [2.75, 3.05) is 33.0 Å². The van der Waals surface area contributed by atoms with E-state index in [2.05, 4.69) is 35.1 Å². The van der Waals surface area contributed by atoms with Crippen LogP contribution >= 0.6 is 0 Å². The summed E-state index contributed by atoms with van der Waals surface area (Å²) in [7, 11) is 3.78. The highest BCUT2D eigenvalue weighted by Gasteiger charge is 2.03. The Morgan fingerprint density at radius 2 is 1.71 bits per heavy atom. The number of rotatable bonds is 7. The minimum atomic E-state index is 0.703. The van der Waals surface area contributed by atoms with Crippen molar-refractivity contribution >= 4 is 5.69 Å². The number of hydrogen-bond acceptors (Lipinski definition) is 4. The highest BCUT2D eigenvalue weighted by atomic mass is 16.5. The van der Waals surface area contributed by atoms with Gasteiger partial charge >= 0.3 is 0 Å². The molecule has 0 fully saturated rings. The monoisotopic (exact) mass is 285 g/mol. The zero-order chi connectivity index (χ0) is 15.1. The van der Waals surface area contributed by atoms with Crippen LogP contribution in [0.1, 0.15) is 11.1 Å². The second kappa shape index (κ2) is 7.64. The fraction of sp³-hybridized carbons (Fsp3) is 0.353. The van der Waals surface area contributed by atoms with Crippen LogP contribution in [0.3, 0.4) is 0 Å². The molecule has 112 valence electrons. The van der Waals surface area contributed by atoms with Crippen molar-refractivity contribution in [3.8, 4) is 5.75 Å². The van der Waals surface area contributed by atoms with Crippen molar-refractivity contribution in [1.29, 1.82) is 0 Å². The van der Waals surface area contributed by atoms with Gasteiger partial charge in [0.15, 0.2) is 0 Å². The molecule has 2 aromatic rings. The van der Waals surface area contributed by atoms with Crippen LogP contribution in [0.5, 0.6) is 5.75 Å².